The van der Waals surface area contributed by atoms with E-state index in [-0.39, 0.29) is 6.10 Å². The van der Waals surface area contributed by atoms with Gasteiger partial charge in [0.1, 0.15) is 5.75 Å². The van der Waals surface area contributed by atoms with Crippen LogP contribution in [-0.2, 0) is 25.6 Å². The van der Waals surface area contributed by atoms with Crippen molar-refractivity contribution in [3.05, 3.63) is 65.7 Å². The number of hydrogen-bond acceptors (Lipinski definition) is 6. The van der Waals surface area contributed by atoms with E-state index in [1.54, 1.807) is 7.11 Å². The maximum absolute atomic E-state index is 12.2. The van der Waals surface area contributed by atoms with Crippen molar-refractivity contribution in [1.29, 1.82) is 0 Å². The van der Waals surface area contributed by atoms with Gasteiger partial charge < -0.3 is 18.9 Å². The van der Waals surface area contributed by atoms with E-state index >= 15 is 0 Å². The van der Waals surface area contributed by atoms with Crippen molar-refractivity contribution in [3.8, 4) is 5.75 Å². The third-order valence-corrected chi connectivity index (χ3v) is 4.41. The number of methoxy groups -OCH3 is 2. The molecule has 2 aromatic rings. The number of hydrogen-bond donors (Lipinski definition) is 0. The molecule has 0 aromatic heterocycles. The van der Waals surface area contributed by atoms with Crippen molar-refractivity contribution < 1.29 is 23.7 Å². The fourth-order valence-corrected chi connectivity index (χ4v) is 2.86. The fourth-order valence-electron chi connectivity index (χ4n) is 2.86. The van der Waals surface area contributed by atoms with Crippen LogP contribution in [0.4, 0.5) is 0 Å². The third-order valence-electron chi connectivity index (χ3n) is 4.41. The van der Waals surface area contributed by atoms with E-state index in [1.807, 2.05) is 61.5 Å². The van der Waals surface area contributed by atoms with E-state index in [2.05, 4.69) is 4.99 Å². The van der Waals surface area contributed by atoms with Gasteiger partial charge in [-0.15, -0.1) is 0 Å². The van der Waals surface area contributed by atoms with Gasteiger partial charge in [0, 0.05) is 5.56 Å². The van der Waals surface area contributed by atoms with Crippen molar-refractivity contribution in [1.82, 2.24) is 0 Å². The van der Waals surface area contributed by atoms with Gasteiger partial charge >= 0.3 is 5.97 Å². The van der Waals surface area contributed by atoms with Gasteiger partial charge in [-0.05, 0) is 36.8 Å². The molecule has 0 aliphatic carbocycles. The van der Waals surface area contributed by atoms with Gasteiger partial charge in [0.15, 0.2) is 12.1 Å². The number of esters is 1. The number of benzene rings is 2. The lowest BCUT2D eigenvalue weighted by molar-refractivity contribution is -0.146. The number of aliphatic imine (C=N–C) groups is 1. The van der Waals surface area contributed by atoms with Crippen molar-refractivity contribution >= 4 is 11.9 Å². The minimum Gasteiger partial charge on any atom is -0.497 e. The Labute approximate surface area is 158 Å². The highest BCUT2D eigenvalue weighted by Crippen LogP contribution is 2.25. The van der Waals surface area contributed by atoms with Crippen LogP contribution < -0.4 is 4.74 Å². The van der Waals surface area contributed by atoms with Gasteiger partial charge in [-0.1, -0.05) is 30.3 Å². The van der Waals surface area contributed by atoms with E-state index in [9.17, 15) is 4.79 Å². The summed E-state index contributed by atoms with van der Waals surface area (Å²) in [5.74, 6) is 0.685. The van der Waals surface area contributed by atoms with Crippen molar-refractivity contribution in [2.75, 3.05) is 14.2 Å². The molecule has 2 aromatic carbocycles. The summed E-state index contributed by atoms with van der Waals surface area (Å²) in [5.41, 5.74) is 1.82. The van der Waals surface area contributed by atoms with Crippen LogP contribution in [0.5, 0.6) is 5.75 Å². The second-order valence-corrected chi connectivity index (χ2v) is 6.21. The number of ether oxygens (including phenoxy) is 4. The van der Waals surface area contributed by atoms with E-state index in [0.29, 0.717) is 12.5 Å². The second-order valence-electron chi connectivity index (χ2n) is 6.21. The minimum absolute atomic E-state index is 0.353. The number of carbonyl (C=O) groups excluding carboxylic acids is 1. The summed E-state index contributed by atoms with van der Waals surface area (Å²) in [6.45, 7) is 2.30. The Bertz CT molecular complexity index is 788. The lowest BCUT2D eigenvalue weighted by Gasteiger charge is -2.23. The quantitative estimate of drug-likeness (QED) is 0.702. The number of carbonyl (C=O) groups is 1. The first-order valence-electron chi connectivity index (χ1n) is 8.74. The number of rotatable bonds is 7. The van der Waals surface area contributed by atoms with Crippen LogP contribution in [0.15, 0.2) is 59.6 Å². The maximum atomic E-state index is 12.2. The van der Waals surface area contributed by atoms with Crippen LogP contribution in [-0.4, -0.2) is 44.3 Å². The minimum atomic E-state index is -0.766. The molecule has 0 bridgehead atoms. The molecule has 0 saturated carbocycles. The first-order valence-corrected chi connectivity index (χ1v) is 8.74. The van der Waals surface area contributed by atoms with Gasteiger partial charge in [-0.2, -0.15) is 0 Å². The Morgan fingerprint density at radius 2 is 1.81 bits per heavy atom. The van der Waals surface area contributed by atoms with Crippen LogP contribution in [0, 0.1) is 0 Å². The van der Waals surface area contributed by atoms with E-state index in [4.69, 9.17) is 18.9 Å². The van der Waals surface area contributed by atoms with Gasteiger partial charge in [0.2, 0.25) is 5.90 Å². The van der Waals surface area contributed by atoms with Gasteiger partial charge in [0.25, 0.3) is 0 Å². The second kappa shape index (κ2) is 8.68. The standard InChI is InChI=1S/C21H23NO5/c1-14(26-13-15-7-5-4-6-8-15)19-18(21(23)25-3)22-20(27-19)16-9-11-17(24-2)12-10-16/h4-12,14,18-19H,13H2,1-3H3/t14-,18-,19+/m0/s1. The Hall–Kier alpha value is -2.86. The molecule has 3 atom stereocenters. The summed E-state index contributed by atoms with van der Waals surface area (Å²) in [6.07, 6.45) is -0.910. The van der Waals surface area contributed by atoms with Crippen LogP contribution in [0.2, 0.25) is 0 Å². The summed E-state index contributed by atoms with van der Waals surface area (Å²) in [6, 6.07) is 16.4. The SMILES string of the molecule is COC(=O)[C@H]1N=C(c2ccc(OC)cc2)O[C@@H]1[C@H](C)OCc1ccccc1. The summed E-state index contributed by atoms with van der Waals surface area (Å²) in [7, 11) is 2.95. The number of nitrogens with zero attached hydrogens (tertiary/aromatic N) is 1. The molecular weight excluding hydrogens is 346 g/mol. The Morgan fingerprint density at radius 1 is 1.11 bits per heavy atom. The highest BCUT2D eigenvalue weighted by Gasteiger charge is 2.41. The predicted molar refractivity (Wildman–Crippen MR) is 101 cm³/mol. The maximum Gasteiger partial charge on any atom is 0.334 e. The molecule has 1 heterocycles. The molecule has 0 amide bonds. The van der Waals surface area contributed by atoms with Gasteiger partial charge in [-0.25, -0.2) is 9.79 Å². The monoisotopic (exact) mass is 369 g/mol. The lowest BCUT2D eigenvalue weighted by Crippen LogP contribution is -2.40. The Kier molecular flexibility index (Phi) is 6.08. The van der Waals surface area contributed by atoms with Crippen molar-refractivity contribution in [2.24, 2.45) is 4.99 Å². The average molecular weight is 369 g/mol. The van der Waals surface area contributed by atoms with Crippen LogP contribution in [0.3, 0.4) is 0 Å². The zero-order valence-electron chi connectivity index (χ0n) is 15.6. The molecule has 6 nitrogen and oxygen atoms in total. The molecule has 1 aliphatic rings. The lowest BCUT2D eigenvalue weighted by atomic mass is 10.1. The summed E-state index contributed by atoms with van der Waals surface area (Å²) in [5, 5.41) is 0. The molecular formula is C21H23NO5. The van der Waals surface area contributed by atoms with Crippen molar-refractivity contribution in [2.45, 2.75) is 31.8 Å². The molecule has 142 valence electrons. The molecule has 0 saturated heterocycles. The van der Waals surface area contributed by atoms with E-state index < -0.39 is 18.1 Å². The Morgan fingerprint density at radius 3 is 2.44 bits per heavy atom. The largest absolute Gasteiger partial charge is 0.497 e. The topological polar surface area (TPSA) is 66.4 Å². The molecule has 0 spiro atoms. The first-order chi connectivity index (χ1) is 13.1. The molecule has 0 fully saturated rings. The normalized spacial score (nSPS) is 19.7. The van der Waals surface area contributed by atoms with Gasteiger partial charge in [0.05, 0.1) is 26.9 Å². The van der Waals surface area contributed by atoms with E-state index in [0.717, 1.165) is 16.9 Å². The van der Waals surface area contributed by atoms with Gasteiger partial charge in [-0.3, -0.25) is 0 Å². The zero-order chi connectivity index (χ0) is 19.2. The van der Waals surface area contributed by atoms with Crippen LogP contribution in [0.25, 0.3) is 0 Å². The molecule has 0 radical (unpaired) electrons. The summed E-state index contributed by atoms with van der Waals surface area (Å²) < 4.78 is 22.0. The predicted octanol–water partition coefficient (Wildman–Crippen LogP) is 2.99. The third kappa shape index (κ3) is 4.46. The zero-order valence-corrected chi connectivity index (χ0v) is 15.6. The highest BCUT2D eigenvalue weighted by molar-refractivity contribution is 5.98. The smallest absolute Gasteiger partial charge is 0.334 e. The average Bonchev–Trinajstić information content (AvgIpc) is 3.18. The molecule has 3 rings (SSSR count). The van der Waals surface area contributed by atoms with E-state index in [1.165, 1.54) is 7.11 Å². The molecule has 0 N–H and O–H groups in total. The highest BCUT2D eigenvalue weighted by atomic mass is 16.6. The summed E-state index contributed by atoms with van der Waals surface area (Å²) in [4.78, 5) is 16.6. The molecule has 6 heteroatoms. The molecule has 1 aliphatic heterocycles. The summed E-state index contributed by atoms with van der Waals surface area (Å²) >= 11 is 0. The first kappa shape index (κ1) is 18.9. The molecule has 27 heavy (non-hydrogen) atoms. The van der Waals surface area contributed by atoms with Crippen LogP contribution >= 0.6 is 0 Å². The molecule has 0 unspecified atom stereocenters. The fraction of sp³-hybridized carbons (Fsp3) is 0.333. The van der Waals surface area contributed by atoms with Crippen molar-refractivity contribution in [3.63, 3.8) is 0 Å². The van der Waals surface area contributed by atoms with Crippen LogP contribution in [0.1, 0.15) is 18.1 Å². The Balaban J connectivity index is 1.72.